The number of aromatic nitrogens is 2. The van der Waals surface area contributed by atoms with E-state index in [2.05, 4.69) is 11.5 Å². The maximum Gasteiger partial charge on any atom is 0.254 e. The first-order valence-corrected chi connectivity index (χ1v) is 12.3. The molecule has 0 saturated carbocycles. The minimum absolute atomic E-state index is 0.0189. The van der Waals surface area contributed by atoms with Gasteiger partial charge in [-0.2, -0.15) is 5.10 Å². The number of hydrogen-bond donors (Lipinski definition) is 1. The van der Waals surface area contributed by atoms with Gasteiger partial charge in [0.05, 0.1) is 6.04 Å². The van der Waals surface area contributed by atoms with Gasteiger partial charge in [-0.25, -0.2) is 4.68 Å². The summed E-state index contributed by atoms with van der Waals surface area (Å²) in [6, 6.07) is 17.3. The SMILES string of the molecule is C=CC(=O)N1CCC([C@@H]2CCN(C)c3c(C(N)=O)c(-c4ccc(Oc5ccccc5)cc4)nn32)CC1. The smallest absolute Gasteiger partial charge is 0.254 e. The van der Waals surface area contributed by atoms with Gasteiger partial charge in [0.25, 0.3) is 5.91 Å². The zero-order valence-corrected chi connectivity index (χ0v) is 20.5. The summed E-state index contributed by atoms with van der Waals surface area (Å²) in [6.45, 7) is 5.83. The fourth-order valence-corrected chi connectivity index (χ4v) is 5.38. The number of hydrogen-bond acceptors (Lipinski definition) is 5. The summed E-state index contributed by atoms with van der Waals surface area (Å²) in [7, 11) is 1.97. The molecule has 1 atom stereocenters. The Labute approximate surface area is 210 Å². The van der Waals surface area contributed by atoms with Crippen LogP contribution in [0.1, 0.15) is 35.7 Å². The number of benzene rings is 2. The van der Waals surface area contributed by atoms with Crippen LogP contribution >= 0.6 is 0 Å². The van der Waals surface area contributed by atoms with Crippen molar-refractivity contribution in [3.05, 3.63) is 72.8 Å². The average molecular weight is 486 g/mol. The predicted octanol–water partition coefficient (Wildman–Crippen LogP) is 4.25. The minimum Gasteiger partial charge on any atom is -0.457 e. The van der Waals surface area contributed by atoms with E-state index < -0.39 is 5.91 Å². The first-order chi connectivity index (χ1) is 17.5. The molecule has 8 nitrogen and oxygen atoms in total. The van der Waals surface area contributed by atoms with Gasteiger partial charge in [-0.05, 0) is 67.7 Å². The summed E-state index contributed by atoms with van der Waals surface area (Å²) < 4.78 is 7.92. The molecule has 0 spiro atoms. The van der Waals surface area contributed by atoms with E-state index >= 15 is 0 Å². The van der Waals surface area contributed by atoms with E-state index in [0.29, 0.717) is 36.0 Å². The molecule has 2 aliphatic rings. The molecule has 3 aromatic rings. The van der Waals surface area contributed by atoms with E-state index in [1.807, 2.05) is 71.2 Å². The third-order valence-electron chi connectivity index (χ3n) is 7.24. The fraction of sp³-hybridized carbons (Fsp3) is 0.321. The second-order valence-corrected chi connectivity index (χ2v) is 9.44. The number of likely N-dealkylation sites (tertiary alicyclic amines) is 1. The van der Waals surface area contributed by atoms with E-state index in [4.69, 9.17) is 15.6 Å². The van der Waals surface area contributed by atoms with Gasteiger partial charge in [0.1, 0.15) is 28.6 Å². The van der Waals surface area contributed by atoms with Crippen molar-refractivity contribution in [2.24, 2.45) is 11.7 Å². The lowest BCUT2D eigenvalue weighted by atomic mass is 9.86. The van der Waals surface area contributed by atoms with Crippen molar-refractivity contribution in [3.8, 4) is 22.8 Å². The zero-order chi connectivity index (χ0) is 25.2. The van der Waals surface area contributed by atoms with E-state index in [0.717, 1.165) is 42.9 Å². The van der Waals surface area contributed by atoms with Gasteiger partial charge in [0.2, 0.25) is 5.91 Å². The highest BCUT2D eigenvalue weighted by molar-refractivity contribution is 6.04. The molecule has 1 aromatic heterocycles. The summed E-state index contributed by atoms with van der Waals surface area (Å²) in [5.74, 6) is 2.07. The molecule has 0 unspecified atom stereocenters. The lowest BCUT2D eigenvalue weighted by Gasteiger charge is -2.40. The molecule has 8 heteroatoms. The van der Waals surface area contributed by atoms with Crippen LogP contribution in [0.4, 0.5) is 5.82 Å². The van der Waals surface area contributed by atoms with Crippen molar-refractivity contribution < 1.29 is 14.3 Å². The number of carbonyl (C=O) groups excluding carboxylic acids is 2. The van der Waals surface area contributed by atoms with Crippen molar-refractivity contribution in [1.82, 2.24) is 14.7 Å². The molecule has 0 radical (unpaired) electrons. The standard InChI is InChI=1S/C28H31N5O3/c1-3-24(34)32-17-13-19(14-18-32)23-15-16-31(2)28-25(27(29)35)26(30-33(23)28)20-9-11-22(12-10-20)36-21-7-5-4-6-8-21/h3-12,19,23H,1,13-18H2,2H3,(H2,29,35)/t23-/m0/s1. The highest BCUT2D eigenvalue weighted by Crippen LogP contribution is 2.42. The number of anilines is 1. The van der Waals surface area contributed by atoms with E-state index in [1.165, 1.54) is 6.08 Å². The summed E-state index contributed by atoms with van der Waals surface area (Å²) >= 11 is 0. The highest BCUT2D eigenvalue weighted by Gasteiger charge is 2.37. The topological polar surface area (TPSA) is 93.7 Å². The summed E-state index contributed by atoms with van der Waals surface area (Å²) in [5, 5.41) is 4.97. The summed E-state index contributed by atoms with van der Waals surface area (Å²) in [6.07, 6.45) is 4.08. The number of carbonyl (C=O) groups is 2. The average Bonchev–Trinajstić information content (AvgIpc) is 3.32. The van der Waals surface area contributed by atoms with Crippen LogP contribution in [-0.2, 0) is 4.79 Å². The summed E-state index contributed by atoms with van der Waals surface area (Å²) in [4.78, 5) is 28.6. The first kappa shape index (κ1) is 23.7. The number of para-hydroxylation sites is 1. The van der Waals surface area contributed by atoms with Gasteiger partial charge in [-0.15, -0.1) is 0 Å². The number of nitrogens with zero attached hydrogens (tertiary/aromatic N) is 4. The van der Waals surface area contributed by atoms with Crippen molar-refractivity contribution in [2.75, 3.05) is 31.6 Å². The molecule has 186 valence electrons. The number of nitrogens with two attached hydrogens (primary N) is 1. The quantitative estimate of drug-likeness (QED) is 0.527. The van der Waals surface area contributed by atoms with Crippen LogP contribution in [0.15, 0.2) is 67.3 Å². The lowest BCUT2D eigenvalue weighted by molar-refractivity contribution is -0.127. The van der Waals surface area contributed by atoms with E-state index in [1.54, 1.807) is 0 Å². The Morgan fingerprint density at radius 3 is 2.31 bits per heavy atom. The number of fused-ring (bicyclic) bond motifs is 1. The van der Waals surface area contributed by atoms with Crippen LogP contribution in [-0.4, -0.2) is 53.2 Å². The Balaban J connectivity index is 1.44. The van der Waals surface area contributed by atoms with Crippen molar-refractivity contribution in [1.29, 1.82) is 0 Å². The van der Waals surface area contributed by atoms with Crippen molar-refractivity contribution in [3.63, 3.8) is 0 Å². The molecular weight excluding hydrogens is 454 g/mol. The Morgan fingerprint density at radius 1 is 1.00 bits per heavy atom. The molecule has 0 aliphatic carbocycles. The Hall–Kier alpha value is -4.07. The number of ether oxygens (including phenoxy) is 1. The van der Waals surface area contributed by atoms with Gasteiger partial charge >= 0.3 is 0 Å². The predicted molar refractivity (Wildman–Crippen MR) is 139 cm³/mol. The monoisotopic (exact) mass is 485 g/mol. The van der Waals surface area contributed by atoms with Crippen molar-refractivity contribution in [2.45, 2.75) is 25.3 Å². The second-order valence-electron chi connectivity index (χ2n) is 9.44. The molecule has 2 aliphatic heterocycles. The van der Waals surface area contributed by atoms with E-state index in [9.17, 15) is 9.59 Å². The van der Waals surface area contributed by atoms with Crippen LogP contribution in [0.5, 0.6) is 11.5 Å². The van der Waals surface area contributed by atoms with Crippen LogP contribution < -0.4 is 15.4 Å². The number of piperidine rings is 1. The highest BCUT2D eigenvalue weighted by atomic mass is 16.5. The maximum atomic E-state index is 12.7. The van der Waals surface area contributed by atoms with Gasteiger partial charge in [-0.3, -0.25) is 9.59 Å². The molecule has 36 heavy (non-hydrogen) atoms. The summed E-state index contributed by atoms with van der Waals surface area (Å²) in [5.41, 5.74) is 7.75. The molecule has 2 amide bonds. The van der Waals surface area contributed by atoms with E-state index in [-0.39, 0.29) is 11.9 Å². The van der Waals surface area contributed by atoms with Crippen LogP contribution in [0, 0.1) is 5.92 Å². The fourth-order valence-electron chi connectivity index (χ4n) is 5.38. The van der Waals surface area contributed by atoms with Crippen LogP contribution in [0.3, 0.4) is 0 Å². The third-order valence-corrected chi connectivity index (χ3v) is 7.24. The normalized spacial score (nSPS) is 18.0. The first-order valence-electron chi connectivity index (χ1n) is 12.3. The molecule has 2 N–H and O–H groups in total. The molecule has 5 rings (SSSR count). The van der Waals surface area contributed by atoms with Gasteiger partial charge in [0.15, 0.2) is 0 Å². The lowest BCUT2D eigenvalue weighted by Crippen LogP contribution is -2.42. The Morgan fingerprint density at radius 2 is 1.67 bits per heavy atom. The van der Waals surface area contributed by atoms with Gasteiger partial charge < -0.3 is 20.3 Å². The second kappa shape index (κ2) is 9.89. The van der Waals surface area contributed by atoms with Crippen LogP contribution in [0.25, 0.3) is 11.3 Å². The number of amides is 2. The minimum atomic E-state index is -0.491. The Kier molecular flexibility index (Phi) is 6.50. The molecule has 0 bridgehead atoms. The number of rotatable bonds is 6. The Bertz CT molecular complexity index is 1260. The van der Waals surface area contributed by atoms with Gasteiger partial charge in [-0.1, -0.05) is 24.8 Å². The molecule has 1 fully saturated rings. The molecule has 2 aromatic carbocycles. The molecular formula is C28H31N5O3. The van der Waals surface area contributed by atoms with Crippen LogP contribution in [0.2, 0.25) is 0 Å². The number of primary amides is 1. The maximum absolute atomic E-state index is 12.7. The van der Waals surface area contributed by atoms with Crippen molar-refractivity contribution >= 4 is 17.6 Å². The zero-order valence-electron chi connectivity index (χ0n) is 20.5. The molecule has 3 heterocycles. The third kappa shape index (κ3) is 4.46. The van der Waals surface area contributed by atoms with Gasteiger partial charge in [0, 0.05) is 32.2 Å². The largest absolute Gasteiger partial charge is 0.457 e. The molecule has 1 saturated heterocycles.